The quantitative estimate of drug-likeness (QED) is 0.129. The van der Waals surface area contributed by atoms with E-state index in [0.717, 1.165) is 44.8 Å². The van der Waals surface area contributed by atoms with Crippen LogP contribution in [0.5, 0.6) is 0 Å². The Labute approximate surface area is 122 Å². The van der Waals surface area contributed by atoms with Gasteiger partial charge in [0.15, 0.2) is 6.29 Å². The maximum Gasteiger partial charge on any atom is 0.191 e. The minimum absolute atomic E-state index is 0.519. The summed E-state index contributed by atoms with van der Waals surface area (Å²) in [5.74, 6) is 0. The van der Waals surface area contributed by atoms with Crippen molar-refractivity contribution in [2.75, 3.05) is 6.61 Å². The van der Waals surface area contributed by atoms with Crippen LogP contribution in [-0.4, -0.2) is 24.4 Å². The van der Waals surface area contributed by atoms with Crippen LogP contribution < -0.4 is 0 Å². The SMILES string of the molecule is CCCCOC(CCC=CCCC=CCCC=O)OO. The third kappa shape index (κ3) is 13.5. The van der Waals surface area contributed by atoms with Gasteiger partial charge in [-0.1, -0.05) is 37.6 Å². The lowest BCUT2D eigenvalue weighted by molar-refractivity contribution is -0.347. The van der Waals surface area contributed by atoms with Crippen molar-refractivity contribution >= 4 is 6.29 Å². The van der Waals surface area contributed by atoms with E-state index < -0.39 is 6.29 Å². The molecule has 1 atom stereocenters. The second-order valence-electron chi connectivity index (χ2n) is 4.60. The van der Waals surface area contributed by atoms with E-state index in [-0.39, 0.29) is 0 Å². The van der Waals surface area contributed by atoms with E-state index in [4.69, 9.17) is 9.99 Å². The normalized spacial score (nSPS) is 13.3. The average Bonchev–Trinajstić information content (AvgIpc) is 2.47. The van der Waals surface area contributed by atoms with Crippen molar-refractivity contribution in [3.05, 3.63) is 24.3 Å². The number of allylic oxidation sites excluding steroid dienone is 4. The Morgan fingerprint density at radius 3 is 2.15 bits per heavy atom. The summed E-state index contributed by atoms with van der Waals surface area (Å²) in [7, 11) is 0. The molecule has 0 aliphatic carbocycles. The molecule has 0 aromatic carbocycles. The van der Waals surface area contributed by atoms with Gasteiger partial charge in [-0.25, -0.2) is 10.1 Å². The first-order valence-corrected chi connectivity index (χ1v) is 7.50. The molecule has 0 amide bonds. The van der Waals surface area contributed by atoms with E-state index in [1.807, 2.05) is 6.08 Å². The van der Waals surface area contributed by atoms with Gasteiger partial charge in [0.2, 0.25) is 0 Å². The number of ether oxygens (including phenoxy) is 1. The zero-order chi connectivity index (χ0) is 14.9. The largest absolute Gasteiger partial charge is 0.350 e. The molecule has 0 aromatic heterocycles. The van der Waals surface area contributed by atoms with Crippen LogP contribution in [0, 0.1) is 0 Å². The molecular weight excluding hydrogens is 256 g/mol. The van der Waals surface area contributed by atoms with Gasteiger partial charge in [0.1, 0.15) is 6.29 Å². The number of carbonyl (C=O) groups excluding carboxylic acids is 1. The fraction of sp³-hybridized carbons (Fsp3) is 0.688. The Hall–Kier alpha value is -0.970. The van der Waals surface area contributed by atoms with Crippen LogP contribution in [0.3, 0.4) is 0 Å². The lowest BCUT2D eigenvalue weighted by atomic mass is 10.2. The van der Waals surface area contributed by atoms with Crippen LogP contribution >= 0.6 is 0 Å². The van der Waals surface area contributed by atoms with Crippen molar-refractivity contribution in [1.82, 2.24) is 0 Å². The summed E-state index contributed by atoms with van der Waals surface area (Å²) in [6.07, 6.45) is 15.7. The molecule has 1 N–H and O–H groups in total. The molecule has 116 valence electrons. The number of rotatable bonds is 14. The predicted octanol–water partition coefficient (Wildman–Crippen LogP) is 4.27. The minimum Gasteiger partial charge on any atom is -0.350 e. The van der Waals surface area contributed by atoms with Gasteiger partial charge in [0, 0.05) is 19.4 Å². The zero-order valence-electron chi connectivity index (χ0n) is 12.5. The highest BCUT2D eigenvalue weighted by Gasteiger charge is 2.06. The van der Waals surface area contributed by atoms with Gasteiger partial charge in [-0.05, 0) is 32.1 Å². The summed E-state index contributed by atoms with van der Waals surface area (Å²) in [5, 5.41) is 8.69. The molecule has 0 rings (SSSR count). The first kappa shape index (κ1) is 19.0. The average molecular weight is 284 g/mol. The van der Waals surface area contributed by atoms with Crippen LogP contribution in [0.2, 0.25) is 0 Å². The van der Waals surface area contributed by atoms with Crippen LogP contribution in [0.1, 0.15) is 58.3 Å². The molecule has 0 radical (unpaired) electrons. The zero-order valence-corrected chi connectivity index (χ0v) is 12.5. The van der Waals surface area contributed by atoms with Gasteiger partial charge >= 0.3 is 0 Å². The highest BCUT2D eigenvalue weighted by atomic mass is 17.1. The molecule has 0 saturated heterocycles. The number of carbonyl (C=O) groups is 1. The molecule has 0 bridgehead atoms. The predicted molar refractivity (Wildman–Crippen MR) is 80.4 cm³/mol. The minimum atomic E-state index is -0.519. The lowest BCUT2D eigenvalue weighted by Gasteiger charge is -2.12. The Kier molecular flexibility index (Phi) is 15.3. The van der Waals surface area contributed by atoms with Crippen molar-refractivity contribution in [1.29, 1.82) is 0 Å². The summed E-state index contributed by atoms with van der Waals surface area (Å²) < 4.78 is 5.37. The second-order valence-corrected chi connectivity index (χ2v) is 4.60. The van der Waals surface area contributed by atoms with Crippen LogP contribution in [0.25, 0.3) is 0 Å². The number of hydrogen-bond acceptors (Lipinski definition) is 4. The molecule has 0 saturated carbocycles. The van der Waals surface area contributed by atoms with Crippen LogP contribution in [-0.2, 0) is 14.4 Å². The Morgan fingerprint density at radius 2 is 1.60 bits per heavy atom. The van der Waals surface area contributed by atoms with Crippen LogP contribution in [0.15, 0.2) is 24.3 Å². The van der Waals surface area contributed by atoms with E-state index in [1.54, 1.807) is 0 Å². The van der Waals surface area contributed by atoms with Crippen LogP contribution in [0.4, 0.5) is 0 Å². The smallest absolute Gasteiger partial charge is 0.191 e. The summed E-state index contributed by atoms with van der Waals surface area (Å²) in [5.41, 5.74) is 0. The topological polar surface area (TPSA) is 55.8 Å². The fourth-order valence-corrected chi connectivity index (χ4v) is 1.59. The Balaban J connectivity index is 3.48. The molecule has 0 fully saturated rings. The first-order chi connectivity index (χ1) is 9.85. The van der Waals surface area contributed by atoms with E-state index in [0.29, 0.717) is 19.4 Å². The molecular formula is C16H28O4. The molecule has 1 unspecified atom stereocenters. The second kappa shape index (κ2) is 16.1. The summed E-state index contributed by atoms with van der Waals surface area (Å²) in [4.78, 5) is 14.4. The summed E-state index contributed by atoms with van der Waals surface area (Å²) >= 11 is 0. The summed E-state index contributed by atoms with van der Waals surface area (Å²) in [6.45, 7) is 2.71. The van der Waals surface area contributed by atoms with Crippen molar-refractivity contribution in [3.8, 4) is 0 Å². The number of hydrogen-bond donors (Lipinski definition) is 1. The fourth-order valence-electron chi connectivity index (χ4n) is 1.59. The van der Waals surface area contributed by atoms with Gasteiger partial charge in [-0.3, -0.25) is 0 Å². The third-order valence-electron chi connectivity index (χ3n) is 2.77. The molecule has 4 heteroatoms. The molecule has 20 heavy (non-hydrogen) atoms. The van der Waals surface area contributed by atoms with Crippen molar-refractivity contribution in [2.45, 2.75) is 64.6 Å². The third-order valence-corrected chi connectivity index (χ3v) is 2.77. The maximum atomic E-state index is 10.1. The van der Waals surface area contributed by atoms with Crippen molar-refractivity contribution in [2.24, 2.45) is 0 Å². The van der Waals surface area contributed by atoms with Gasteiger partial charge in [-0.2, -0.15) is 0 Å². The highest BCUT2D eigenvalue weighted by Crippen LogP contribution is 2.06. The molecule has 0 spiro atoms. The van der Waals surface area contributed by atoms with E-state index in [9.17, 15) is 4.79 Å². The molecule has 0 aromatic rings. The maximum absolute atomic E-state index is 10.1. The first-order valence-electron chi connectivity index (χ1n) is 7.50. The molecule has 4 nitrogen and oxygen atoms in total. The Bertz CT molecular complexity index is 261. The molecule has 0 heterocycles. The summed E-state index contributed by atoms with van der Waals surface area (Å²) in [6, 6.07) is 0. The van der Waals surface area contributed by atoms with Gasteiger partial charge in [-0.15, -0.1) is 0 Å². The molecule has 0 aliphatic heterocycles. The van der Waals surface area contributed by atoms with E-state index in [2.05, 4.69) is 30.0 Å². The van der Waals surface area contributed by atoms with Gasteiger partial charge < -0.3 is 9.53 Å². The van der Waals surface area contributed by atoms with Crippen molar-refractivity contribution in [3.63, 3.8) is 0 Å². The number of unbranched alkanes of at least 4 members (excludes halogenated alkanes) is 3. The van der Waals surface area contributed by atoms with Gasteiger partial charge in [0.05, 0.1) is 0 Å². The standard InChI is InChI=1S/C16H28O4/c1-2-3-15-19-16(20-18)13-11-9-7-5-4-6-8-10-12-14-17/h6-9,14,16,18H,2-5,10-13,15H2,1H3. The van der Waals surface area contributed by atoms with Crippen molar-refractivity contribution < 1.29 is 19.7 Å². The monoisotopic (exact) mass is 284 g/mol. The Morgan fingerprint density at radius 1 is 1.00 bits per heavy atom. The highest BCUT2D eigenvalue weighted by molar-refractivity contribution is 5.49. The number of aldehydes is 1. The van der Waals surface area contributed by atoms with E-state index in [1.165, 1.54) is 0 Å². The lowest BCUT2D eigenvalue weighted by Crippen LogP contribution is -2.15. The van der Waals surface area contributed by atoms with Gasteiger partial charge in [0.25, 0.3) is 0 Å². The van der Waals surface area contributed by atoms with E-state index >= 15 is 0 Å². The molecule has 0 aliphatic rings.